The van der Waals surface area contributed by atoms with E-state index >= 15 is 0 Å². The molecule has 0 atom stereocenters. The number of pyridine rings is 1. The monoisotopic (exact) mass is 272 g/mol. The first kappa shape index (κ1) is 13.5. The summed E-state index contributed by atoms with van der Waals surface area (Å²) >= 11 is 0. The number of amides is 1. The van der Waals surface area contributed by atoms with E-state index in [-0.39, 0.29) is 29.3 Å². The molecule has 1 aromatic heterocycles. The molecule has 0 fully saturated rings. The van der Waals surface area contributed by atoms with Crippen molar-refractivity contribution in [1.82, 2.24) is 4.98 Å². The molecule has 102 valence electrons. The number of carboxylic acids is 1. The van der Waals surface area contributed by atoms with Gasteiger partial charge < -0.3 is 15.5 Å². The molecule has 6 heteroatoms. The SMILES string of the molecule is O=C(Cc1ccc(O)cc1)Nc1cnccc1C(=O)O. The summed E-state index contributed by atoms with van der Waals surface area (Å²) in [6, 6.07) is 7.52. The summed E-state index contributed by atoms with van der Waals surface area (Å²) in [5.74, 6) is -1.37. The zero-order valence-corrected chi connectivity index (χ0v) is 10.4. The average molecular weight is 272 g/mol. The van der Waals surface area contributed by atoms with E-state index in [0.717, 1.165) is 0 Å². The van der Waals surface area contributed by atoms with Crippen LogP contribution in [-0.4, -0.2) is 27.1 Å². The fourth-order valence-corrected chi connectivity index (χ4v) is 1.67. The lowest BCUT2D eigenvalue weighted by Crippen LogP contribution is -2.17. The lowest BCUT2D eigenvalue weighted by molar-refractivity contribution is -0.115. The number of nitrogens with zero attached hydrogens (tertiary/aromatic N) is 1. The second-order valence-corrected chi connectivity index (χ2v) is 4.12. The maximum atomic E-state index is 11.8. The molecule has 6 nitrogen and oxygen atoms in total. The zero-order valence-electron chi connectivity index (χ0n) is 10.4. The van der Waals surface area contributed by atoms with Crippen LogP contribution in [0.2, 0.25) is 0 Å². The van der Waals surface area contributed by atoms with Crippen LogP contribution in [0.25, 0.3) is 0 Å². The van der Waals surface area contributed by atoms with E-state index < -0.39 is 5.97 Å². The van der Waals surface area contributed by atoms with E-state index in [9.17, 15) is 9.59 Å². The number of nitrogens with one attached hydrogen (secondary N) is 1. The normalized spacial score (nSPS) is 10.0. The maximum Gasteiger partial charge on any atom is 0.337 e. The van der Waals surface area contributed by atoms with Crippen molar-refractivity contribution in [2.24, 2.45) is 0 Å². The van der Waals surface area contributed by atoms with Crippen molar-refractivity contribution in [3.05, 3.63) is 53.9 Å². The van der Waals surface area contributed by atoms with Crippen LogP contribution in [0.4, 0.5) is 5.69 Å². The Hall–Kier alpha value is -2.89. The molecule has 0 saturated heterocycles. The number of hydrogen-bond donors (Lipinski definition) is 3. The molecule has 3 N–H and O–H groups in total. The fourth-order valence-electron chi connectivity index (χ4n) is 1.67. The van der Waals surface area contributed by atoms with Crippen molar-refractivity contribution in [3.8, 4) is 5.75 Å². The first-order chi connectivity index (χ1) is 9.56. The number of aromatic carboxylic acids is 1. The molecular formula is C14H12N2O4. The quantitative estimate of drug-likeness (QED) is 0.786. The Labute approximate surface area is 114 Å². The van der Waals surface area contributed by atoms with E-state index in [2.05, 4.69) is 10.3 Å². The summed E-state index contributed by atoms with van der Waals surface area (Å²) < 4.78 is 0. The first-order valence-electron chi connectivity index (χ1n) is 5.81. The predicted molar refractivity (Wildman–Crippen MR) is 71.6 cm³/mol. The third kappa shape index (κ3) is 3.32. The Bertz CT molecular complexity index is 638. The largest absolute Gasteiger partial charge is 0.508 e. The third-order valence-corrected chi connectivity index (χ3v) is 2.63. The Morgan fingerprint density at radius 2 is 1.85 bits per heavy atom. The number of phenols is 1. The Kier molecular flexibility index (Phi) is 3.95. The van der Waals surface area contributed by atoms with Gasteiger partial charge in [0.1, 0.15) is 5.75 Å². The van der Waals surface area contributed by atoms with Gasteiger partial charge in [0.05, 0.1) is 23.9 Å². The van der Waals surface area contributed by atoms with Gasteiger partial charge in [-0.05, 0) is 23.8 Å². The van der Waals surface area contributed by atoms with Gasteiger partial charge in [0.2, 0.25) is 5.91 Å². The number of hydrogen-bond acceptors (Lipinski definition) is 4. The second kappa shape index (κ2) is 5.83. The molecule has 2 aromatic rings. The van der Waals surface area contributed by atoms with Crippen LogP contribution in [0.15, 0.2) is 42.7 Å². The van der Waals surface area contributed by atoms with Crippen LogP contribution < -0.4 is 5.32 Å². The number of phenolic OH excluding ortho intramolecular Hbond substituents is 1. The van der Waals surface area contributed by atoms with Gasteiger partial charge in [0.25, 0.3) is 0 Å². The van der Waals surface area contributed by atoms with Crippen molar-refractivity contribution in [2.75, 3.05) is 5.32 Å². The van der Waals surface area contributed by atoms with Crippen molar-refractivity contribution < 1.29 is 19.8 Å². The van der Waals surface area contributed by atoms with Gasteiger partial charge in [-0.25, -0.2) is 4.79 Å². The second-order valence-electron chi connectivity index (χ2n) is 4.12. The van der Waals surface area contributed by atoms with Crippen LogP contribution in [0.3, 0.4) is 0 Å². The summed E-state index contributed by atoms with van der Waals surface area (Å²) in [5, 5.41) is 20.7. The third-order valence-electron chi connectivity index (χ3n) is 2.63. The molecule has 2 rings (SSSR count). The first-order valence-corrected chi connectivity index (χ1v) is 5.81. The summed E-state index contributed by atoms with van der Waals surface area (Å²) in [7, 11) is 0. The standard InChI is InChI=1S/C14H12N2O4/c17-10-3-1-9(2-4-10)7-13(18)16-12-8-15-6-5-11(12)14(19)20/h1-6,8,17H,7H2,(H,16,18)(H,19,20). The minimum Gasteiger partial charge on any atom is -0.508 e. The molecule has 0 aliphatic heterocycles. The average Bonchev–Trinajstić information content (AvgIpc) is 2.41. The molecule has 0 aliphatic rings. The highest BCUT2D eigenvalue weighted by atomic mass is 16.4. The van der Waals surface area contributed by atoms with Crippen LogP contribution >= 0.6 is 0 Å². The van der Waals surface area contributed by atoms with E-state index in [1.165, 1.54) is 30.6 Å². The zero-order chi connectivity index (χ0) is 14.5. The van der Waals surface area contributed by atoms with Gasteiger partial charge in [0.15, 0.2) is 0 Å². The van der Waals surface area contributed by atoms with E-state index in [1.807, 2.05) is 0 Å². The maximum absolute atomic E-state index is 11.8. The summed E-state index contributed by atoms with van der Waals surface area (Å²) in [5.41, 5.74) is 0.851. The Morgan fingerprint density at radius 1 is 1.15 bits per heavy atom. The molecule has 0 unspecified atom stereocenters. The highest BCUT2D eigenvalue weighted by Crippen LogP contribution is 2.15. The topological polar surface area (TPSA) is 99.5 Å². The number of aromatic nitrogens is 1. The summed E-state index contributed by atoms with van der Waals surface area (Å²) in [6.07, 6.45) is 2.71. The molecule has 0 saturated carbocycles. The number of benzene rings is 1. The lowest BCUT2D eigenvalue weighted by atomic mass is 10.1. The van der Waals surface area contributed by atoms with Crippen molar-refractivity contribution >= 4 is 17.6 Å². The number of anilines is 1. The fraction of sp³-hybridized carbons (Fsp3) is 0.0714. The van der Waals surface area contributed by atoms with Crippen molar-refractivity contribution in [3.63, 3.8) is 0 Å². The van der Waals surface area contributed by atoms with Crippen LogP contribution in [0.5, 0.6) is 5.75 Å². The number of carboxylic acid groups (broad SMARTS) is 1. The van der Waals surface area contributed by atoms with Crippen LogP contribution in [0.1, 0.15) is 15.9 Å². The van der Waals surface area contributed by atoms with Gasteiger partial charge in [-0.1, -0.05) is 12.1 Å². The van der Waals surface area contributed by atoms with E-state index in [0.29, 0.717) is 5.56 Å². The Balaban J connectivity index is 2.08. The number of aromatic hydroxyl groups is 1. The van der Waals surface area contributed by atoms with Gasteiger partial charge in [0, 0.05) is 6.20 Å². The van der Waals surface area contributed by atoms with Gasteiger partial charge in [-0.3, -0.25) is 9.78 Å². The van der Waals surface area contributed by atoms with Crippen LogP contribution in [0, 0.1) is 0 Å². The summed E-state index contributed by atoms with van der Waals surface area (Å²) in [4.78, 5) is 26.6. The molecule has 0 radical (unpaired) electrons. The number of carbonyl (C=O) groups excluding carboxylic acids is 1. The smallest absolute Gasteiger partial charge is 0.337 e. The van der Waals surface area contributed by atoms with Gasteiger partial charge >= 0.3 is 5.97 Å². The van der Waals surface area contributed by atoms with Gasteiger partial charge in [-0.2, -0.15) is 0 Å². The number of carbonyl (C=O) groups is 2. The van der Waals surface area contributed by atoms with Crippen LogP contribution in [-0.2, 0) is 11.2 Å². The minimum atomic E-state index is -1.13. The summed E-state index contributed by atoms with van der Waals surface area (Å²) in [6.45, 7) is 0. The highest BCUT2D eigenvalue weighted by Gasteiger charge is 2.12. The molecule has 0 aliphatic carbocycles. The van der Waals surface area contributed by atoms with Crippen molar-refractivity contribution in [1.29, 1.82) is 0 Å². The number of rotatable bonds is 4. The molecule has 1 heterocycles. The van der Waals surface area contributed by atoms with E-state index in [1.54, 1.807) is 12.1 Å². The van der Waals surface area contributed by atoms with Crippen molar-refractivity contribution in [2.45, 2.75) is 6.42 Å². The molecule has 0 spiro atoms. The molecule has 1 amide bonds. The predicted octanol–water partition coefficient (Wildman–Crippen LogP) is 1.67. The Morgan fingerprint density at radius 3 is 2.50 bits per heavy atom. The minimum absolute atomic E-state index is 0.0148. The molecular weight excluding hydrogens is 260 g/mol. The molecule has 1 aromatic carbocycles. The highest BCUT2D eigenvalue weighted by molar-refractivity contribution is 6.00. The van der Waals surface area contributed by atoms with E-state index in [4.69, 9.17) is 10.2 Å². The molecule has 0 bridgehead atoms. The molecule has 20 heavy (non-hydrogen) atoms. The lowest BCUT2D eigenvalue weighted by Gasteiger charge is -2.07. The van der Waals surface area contributed by atoms with Gasteiger partial charge in [-0.15, -0.1) is 0 Å².